The number of carbonyl (C=O) groups excluding carboxylic acids is 2. The maximum atomic E-state index is 12.2. The van der Waals surface area contributed by atoms with Crippen molar-refractivity contribution in [2.24, 2.45) is 10.9 Å². The second kappa shape index (κ2) is 9.93. The van der Waals surface area contributed by atoms with Crippen LogP contribution >= 0.6 is 0 Å². The van der Waals surface area contributed by atoms with Crippen molar-refractivity contribution in [3.05, 3.63) is 66.7 Å². The molecule has 0 fully saturated rings. The third kappa shape index (κ3) is 7.16. The minimum absolute atomic E-state index is 0.0436. The normalized spacial score (nSPS) is 11.3. The van der Waals surface area contributed by atoms with E-state index in [0.29, 0.717) is 5.69 Å². The van der Waals surface area contributed by atoms with E-state index in [1.807, 2.05) is 5.43 Å². The number of rotatable bonds is 4. The van der Waals surface area contributed by atoms with Crippen molar-refractivity contribution in [3.8, 4) is 5.75 Å². The first-order valence-corrected chi connectivity index (χ1v) is 8.11. The van der Waals surface area contributed by atoms with Crippen molar-refractivity contribution in [2.45, 2.75) is 6.36 Å². The quantitative estimate of drug-likeness (QED) is 0.342. The van der Waals surface area contributed by atoms with E-state index in [0.717, 1.165) is 12.1 Å². The topological polar surface area (TPSA) is 127 Å². The van der Waals surface area contributed by atoms with Crippen molar-refractivity contribution in [1.82, 2.24) is 10.9 Å². The molecule has 0 aromatic heterocycles. The Morgan fingerprint density at radius 3 is 2.20 bits per heavy atom. The van der Waals surface area contributed by atoms with Gasteiger partial charge in [-0.05, 0) is 42.0 Å². The molecule has 0 aliphatic rings. The van der Waals surface area contributed by atoms with Crippen LogP contribution in [0.4, 0.5) is 23.7 Å². The van der Waals surface area contributed by atoms with Crippen LogP contribution in [0, 0.1) is 0 Å². The molecule has 0 atom stereocenters. The summed E-state index contributed by atoms with van der Waals surface area (Å²) in [5.74, 6) is 2.92. The zero-order valence-electron chi connectivity index (χ0n) is 15.2. The molecular weight excluding hydrogens is 407 g/mol. The summed E-state index contributed by atoms with van der Waals surface area (Å²) in [5.41, 5.74) is 4.80. The third-order valence-corrected chi connectivity index (χ3v) is 3.28. The van der Waals surface area contributed by atoms with Gasteiger partial charge in [0.15, 0.2) is 0 Å². The summed E-state index contributed by atoms with van der Waals surface area (Å²) < 4.78 is 40.3. The van der Waals surface area contributed by atoms with E-state index in [2.05, 4.69) is 31.9 Å². The molecule has 0 bridgehead atoms. The molecule has 0 spiro atoms. The summed E-state index contributed by atoms with van der Waals surface area (Å²) in [5, 5.41) is 2.46. The van der Waals surface area contributed by atoms with Crippen molar-refractivity contribution in [1.29, 1.82) is 0 Å². The van der Waals surface area contributed by atoms with Gasteiger partial charge in [-0.25, -0.2) is 15.2 Å². The van der Waals surface area contributed by atoms with E-state index in [-0.39, 0.29) is 11.3 Å². The zero-order chi connectivity index (χ0) is 22.1. The van der Waals surface area contributed by atoms with E-state index >= 15 is 0 Å². The third-order valence-electron chi connectivity index (χ3n) is 3.28. The molecule has 2 aromatic rings. The number of para-hydroxylation sites is 1. The Morgan fingerprint density at radius 2 is 1.63 bits per heavy atom. The Morgan fingerprint density at radius 1 is 1.00 bits per heavy atom. The lowest BCUT2D eigenvalue weighted by Gasteiger charge is -2.10. The fourth-order valence-corrected chi connectivity index (χ4v) is 2.02. The van der Waals surface area contributed by atoms with Crippen LogP contribution in [0.3, 0.4) is 0 Å². The maximum absolute atomic E-state index is 12.2. The lowest BCUT2D eigenvalue weighted by Crippen LogP contribution is -2.47. The monoisotopic (exact) mass is 423 g/mol. The number of amides is 3. The molecule has 12 heteroatoms. The number of nitrogens with two attached hydrogens (primary N) is 1. The van der Waals surface area contributed by atoms with Crippen molar-refractivity contribution < 1.29 is 32.3 Å². The van der Waals surface area contributed by atoms with Crippen LogP contribution < -0.4 is 26.8 Å². The van der Waals surface area contributed by atoms with E-state index in [1.165, 1.54) is 12.1 Å². The molecule has 0 saturated heterocycles. The SMILES string of the molecule is C=C(N=C(ON)C(=O)NNC(=O)Nc1ccccc1)c1ccc(OC(F)(F)F)cc1. The smallest absolute Gasteiger partial charge is 0.406 e. The second-order valence-corrected chi connectivity index (χ2v) is 5.45. The van der Waals surface area contributed by atoms with Crippen molar-refractivity contribution in [3.63, 3.8) is 0 Å². The summed E-state index contributed by atoms with van der Waals surface area (Å²) in [6.07, 6.45) is -4.82. The lowest BCUT2D eigenvalue weighted by molar-refractivity contribution is -0.274. The van der Waals surface area contributed by atoms with Crippen molar-refractivity contribution >= 4 is 29.2 Å². The number of urea groups is 1. The molecule has 0 unspecified atom stereocenters. The Balaban J connectivity index is 1.95. The highest BCUT2D eigenvalue weighted by Crippen LogP contribution is 2.24. The summed E-state index contributed by atoms with van der Waals surface area (Å²) in [7, 11) is 0. The lowest BCUT2D eigenvalue weighted by atomic mass is 10.2. The first-order valence-electron chi connectivity index (χ1n) is 8.11. The number of nitrogens with zero attached hydrogens (tertiary/aromatic N) is 1. The summed E-state index contributed by atoms with van der Waals surface area (Å²) >= 11 is 0. The molecule has 9 nitrogen and oxygen atoms in total. The van der Waals surface area contributed by atoms with Gasteiger partial charge in [-0.1, -0.05) is 24.8 Å². The van der Waals surface area contributed by atoms with E-state index < -0.39 is 29.9 Å². The Hall–Kier alpha value is -4.06. The van der Waals surface area contributed by atoms with Crippen LogP contribution in [-0.2, 0) is 9.63 Å². The Bertz CT molecular complexity index is 931. The standard InChI is InChI=1S/C18H16F3N5O4/c1-11(12-7-9-14(10-8-12)29-18(19,20)21)23-16(30-22)15(27)25-26-17(28)24-13-5-3-2-4-6-13/h2-10H,1,22H2,(H,25,27)(H2,24,26,28). The maximum Gasteiger partial charge on any atom is 0.573 e. The number of benzene rings is 2. The molecule has 158 valence electrons. The van der Waals surface area contributed by atoms with Gasteiger partial charge in [0.2, 0.25) is 0 Å². The summed E-state index contributed by atoms with van der Waals surface area (Å²) in [6, 6.07) is 12.3. The molecule has 5 N–H and O–H groups in total. The van der Waals surface area contributed by atoms with E-state index in [4.69, 9.17) is 5.90 Å². The van der Waals surface area contributed by atoms with Crippen LogP contribution in [0.1, 0.15) is 5.56 Å². The Kier molecular flexibility index (Phi) is 7.36. The number of nitrogens with one attached hydrogen (secondary N) is 3. The molecule has 30 heavy (non-hydrogen) atoms. The molecule has 2 rings (SSSR count). The predicted octanol–water partition coefficient (Wildman–Crippen LogP) is 2.70. The molecule has 0 aliphatic carbocycles. The van der Waals surface area contributed by atoms with E-state index in [9.17, 15) is 22.8 Å². The molecule has 3 amide bonds. The largest absolute Gasteiger partial charge is 0.573 e. The number of carbonyl (C=O) groups is 2. The van der Waals surface area contributed by atoms with Crippen LogP contribution in [-0.4, -0.2) is 24.2 Å². The van der Waals surface area contributed by atoms with Gasteiger partial charge in [0, 0.05) is 5.69 Å². The van der Waals surface area contributed by atoms with Gasteiger partial charge in [-0.2, -0.15) is 5.90 Å². The number of ether oxygens (including phenoxy) is 1. The highest BCUT2D eigenvalue weighted by atomic mass is 19.4. The van der Waals surface area contributed by atoms with Crippen LogP contribution in [0.2, 0.25) is 0 Å². The average Bonchev–Trinajstić information content (AvgIpc) is 2.70. The van der Waals surface area contributed by atoms with Crippen molar-refractivity contribution in [2.75, 3.05) is 5.32 Å². The highest BCUT2D eigenvalue weighted by molar-refractivity contribution is 6.36. The van der Waals surface area contributed by atoms with Gasteiger partial charge in [0.1, 0.15) is 5.75 Å². The zero-order valence-corrected chi connectivity index (χ0v) is 15.2. The molecule has 0 aliphatic heterocycles. The van der Waals surface area contributed by atoms with Gasteiger partial charge >= 0.3 is 24.2 Å². The molecular formula is C18H16F3N5O4. The molecule has 0 saturated carbocycles. The number of hydrogen-bond donors (Lipinski definition) is 4. The van der Waals surface area contributed by atoms with Crippen LogP contribution in [0.15, 0.2) is 66.2 Å². The minimum Gasteiger partial charge on any atom is -0.406 e. The number of hydrogen-bond acceptors (Lipinski definition) is 6. The first-order chi connectivity index (χ1) is 14.2. The van der Waals surface area contributed by atoms with Gasteiger partial charge < -0.3 is 14.9 Å². The van der Waals surface area contributed by atoms with E-state index in [1.54, 1.807) is 30.3 Å². The fourth-order valence-electron chi connectivity index (χ4n) is 2.02. The van der Waals surface area contributed by atoms with Gasteiger partial charge in [0.25, 0.3) is 0 Å². The number of aliphatic imine (C=N–C) groups is 1. The minimum atomic E-state index is -4.82. The second-order valence-electron chi connectivity index (χ2n) is 5.45. The Labute approximate surface area is 168 Å². The van der Waals surface area contributed by atoms with Crippen LogP contribution in [0.25, 0.3) is 5.70 Å². The summed E-state index contributed by atoms with van der Waals surface area (Å²) in [4.78, 5) is 31.9. The number of halogens is 3. The number of alkyl halides is 3. The number of hydrazine groups is 1. The van der Waals surface area contributed by atoms with Gasteiger partial charge in [-0.15, -0.1) is 13.2 Å². The molecule has 0 heterocycles. The average molecular weight is 423 g/mol. The molecule has 2 aromatic carbocycles. The summed E-state index contributed by atoms with van der Waals surface area (Å²) in [6.45, 7) is 3.58. The highest BCUT2D eigenvalue weighted by Gasteiger charge is 2.31. The van der Waals surface area contributed by atoms with Gasteiger partial charge in [-0.3, -0.25) is 10.2 Å². The van der Waals surface area contributed by atoms with Gasteiger partial charge in [0.05, 0.1) is 5.70 Å². The fraction of sp³-hybridized carbons (Fsp3) is 0.0556. The predicted molar refractivity (Wildman–Crippen MR) is 102 cm³/mol. The van der Waals surface area contributed by atoms with Crippen LogP contribution in [0.5, 0.6) is 5.75 Å². The number of anilines is 1. The first kappa shape index (κ1) is 22.2. The molecule has 0 radical (unpaired) electrons.